The van der Waals surface area contributed by atoms with Gasteiger partial charge in [0.15, 0.2) is 0 Å². The van der Waals surface area contributed by atoms with Crippen LogP contribution in [0.15, 0.2) is 42.7 Å². The molecule has 0 aliphatic carbocycles. The van der Waals surface area contributed by atoms with Gasteiger partial charge in [0.05, 0.1) is 17.6 Å². The van der Waals surface area contributed by atoms with E-state index in [-0.39, 0.29) is 5.82 Å². The van der Waals surface area contributed by atoms with Crippen molar-refractivity contribution >= 4 is 17.1 Å². The monoisotopic (exact) mass is 231 g/mol. The summed E-state index contributed by atoms with van der Waals surface area (Å²) in [7, 11) is 0. The third kappa shape index (κ3) is 2.36. The Morgan fingerprint density at radius 2 is 2.18 bits per heavy atom. The first-order chi connectivity index (χ1) is 8.22. The van der Waals surface area contributed by atoms with Crippen molar-refractivity contribution in [3.63, 3.8) is 0 Å². The van der Waals surface area contributed by atoms with Gasteiger partial charge in [-0.2, -0.15) is 0 Å². The Kier molecular flexibility index (Phi) is 3.23. The third-order valence-electron chi connectivity index (χ3n) is 2.55. The van der Waals surface area contributed by atoms with Crippen LogP contribution >= 0.6 is 0 Å². The Morgan fingerprint density at radius 1 is 1.35 bits per heavy atom. The fraction of sp³-hybridized carbons (Fsp3) is 0.154. The minimum atomic E-state index is -0.256. The Labute approximate surface area is 99.7 Å². The Morgan fingerprint density at radius 3 is 2.82 bits per heavy atom. The number of benzene rings is 1. The van der Waals surface area contributed by atoms with E-state index in [2.05, 4.69) is 4.98 Å². The number of nitrogens with two attached hydrogens (primary N) is 1. The summed E-state index contributed by atoms with van der Waals surface area (Å²) in [6, 6.07) is 8.28. The maximum Gasteiger partial charge on any atom is 0.125 e. The molecule has 0 spiro atoms. The van der Waals surface area contributed by atoms with Crippen molar-refractivity contribution in [2.75, 3.05) is 17.2 Å². The lowest BCUT2D eigenvalue weighted by molar-refractivity contribution is 0.627. The number of hydrogen-bond acceptors (Lipinski definition) is 3. The van der Waals surface area contributed by atoms with Crippen LogP contribution < -0.4 is 10.6 Å². The first-order valence-electron chi connectivity index (χ1n) is 5.45. The predicted octanol–water partition coefficient (Wildman–Crippen LogP) is 2.96. The highest BCUT2D eigenvalue weighted by molar-refractivity contribution is 5.73. The van der Waals surface area contributed by atoms with E-state index in [0.29, 0.717) is 12.2 Å². The summed E-state index contributed by atoms with van der Waals surface area (Å²) in [5, 5.41) is 0. The molecular weight excluding hydrogens is 217 g/mol. The maximum absolute atomic E-state index is 13.2. The van der Waals surface area contributed by atoms with E-state index in [1.807, 2.05) is 24.0 Å². The number of nitrogen functional groups attached to an aromatic ring is 1. The van der Waals surface area contributed by atoms with Crippen LogP contribution in [0.1, 0.15) is 6.92 Å². The third-order valence-corrected chi connectivity index (χ3v) is 2.55. The van der Waals surface area contributed by atoms with Gasteiger partial charge in [0.1, 0.15) is 5.82 Å². The number of nitrogens with zero attached hydrogens (tertiary/aromatic N) is 2. The minimum absolute atomic E-state index is 0.256. The van der Waals surface area contributed by atoms with Gasteiger partial charge in [0.2, 0.25) is 0 Å². The standard InChI is InChI=1S/C13H14FN3/c1-2-17(11-5-3-4-10(14)8-11)13-6-7-16-9-12(13)15/h3-9H,2,15H2,1H3. The molecule has 0 aliphatic heterocycles. The molecule has 1 heterocycles. The predicted molar refractivity (Wildman–Crippen MR) is 67.7 cm³/mol. The molecule has 1 aromatic heterocycles. The number of halogens is 1. The molecule has 4 heteroatoms. The van der Waals surface area contributed by atoms with Crippen LogP contribution in [0.2, 0.25) is 0 Å². The van der Waals surface area contributed by atoms with Gasteiger partial charge in [-0.15, -0.1) is 0 Å². The highest BCUT2D eigenvalue weighted by Gasteiger charge is 2.10. The quantitative estimate of drug-likeness (QED) is 0.883. The van der Waals surface area contributed by atoms with Crippen LogP contribution in [0.25, 0.3) is 0 Å². The molecular formula is C13H14FN3. The van der Waals surface area contributed by atoms with E-state index in [1.165, 1.54) is 12.1 Å². The van der Waals surface area contributed by atoms with Crippen molar-refractivity contribution in [1.82, 2.24) is 4.98 Å². The van der Waals surface area contributed by atoms with Gasteiger partial charge in [-0.1, -0.05) is 6.07 Å². The smallest absolute Gasteiger partial charge is 0.125 e. The van der Waals surface area contributed by atoms with Crippen LogP contribution in [-0.4, -0.2) is 11.5 Å². The molecule has 0 radical (unpaired) electrons. The van der Waals surface area contributed by atoms with Gasteiger partial charge < -0.3 is 10.6 Å². The Hall–Kier alpha value is -2.10. The van der Waals surface area contributed by atoms with Gasteiger partial charge in [-0.25, -0.2) is 4.39 Å². The number of pyridine rings is 1. The number of anilines is 3. The van der Waals surface area contributed by atoms with Gasteiger partial charge in [0.25, 0.3) is 0 Å². The van der Waals surface area contributed by atoms with E-state index in [9.17, 15) is 4.39 Å². The van der Waals surface area contributed by atoms with E-state index < -0.39 is 0 Å². The van der Waals surface area contributed by atoms with Gasteiger partial charge in [-0.05, 0) is 31.2 Å². The summed E-state index contributed by atoms with van der Waals surface area (Å²) in [5.41, 5.74) is 8.08. The summed E-state index contributed by atoms with van der Waals surface area (Å²) < 4.78 is 13.2. The zero-order valence-corrected chi connectivity index (χ0v) is 9.60. The molecule has 0 fully saturated rings. The highest BCUT2D eigenvalue weighted by Crippen LogP contribution is 2.29. The van der Waals surface area contributed by atoms with Crippen LogP contribution in [0.4, 0.5) is 21.5 Å². The summed E-state index contributed by atoms with van der Waals surface area (Å²) in [4.78, 5) is 5.89. The second kappa shape index (κ2) is 4.82. The van der Waals surface area contributed by atoms with Crippen molar-refractivity contribution in [2.45, 2.75) is 6.92 Å². The van der Waals surface area contributed by atoms with Crippen molar-refractivity contribution in [1.29, 1.82) is 0 Å². The topological polar surface area (TPSA) is 42.2 Å². The molecule has 0 bridgehead atoms. The molecule has 88 valence electrons. The number of rotatable bonds is 3. The van der Waals surface area contributed by atoms with E-state index in [4.69, 9.17) is 5.73 Å². The van der Waals surface area contributed by atoms with Gasteiger partial charge >= 0.3 is 0 Å². The highest BCUT2D eigenvalue weighted by atomic mass is 19.1. The summed E-state index contributed by atoms with van der Waals surface area (Å²) in [5.74, 6) is -0.256. The molecule has 0 aliphatic rings. The lowest BCUT2D eigenvalue weighted by Gasteiger charge is -2.24. The normalized spacial score (nSPS) is 10.2. The Bertz CT molecular complexity index is 514. The molecule has 3 nitrogen and oxygen atoms in total. The fourth-order valence-corrected chi connectivity index (χ4v) is 1.78. The molecule has 0 atom stereocenters. The average molecular weight is 231 g/mol. The molecule has 2 aromatic rings. The van der Waals surface area contributed by atoms with Crippen molar-refractivity contribution in [2.24, 2.45) is 0 Å². The van der Waals surface area contributed by atoms with Crippen molar-refractivity contribution in [3.8, 4) is 0 Å². The lowest BCUT2D eigenvalue weighted by atomic mass is 10.2. The molecule has 2 N–H and O–H groups in total. The Balaban J connectivity index is 2.44. The SMILES string of the molecule is CCN(c1cccc(F)c1)c1ccncc1N. The summed E-state index contributed by atoms with van der Waals surface area (Å²) in [6.45, 7) is 2.70. The maximum atomic E-state index is 13.2. The molecule has 0 saturated heterocycles. The van der Waals surface area contributed by atoms with E-state index in [0.717, 1.165) is 11.4 Å². The molecule has 1 aromatic carbocycles. The first-order valence-corrected chi connectivity index (χ1v) is 5.45. The minimum Gasteiger partial charge on any atom is -0.396 e. The zero-order chi connectivity index (χ0) is 12.3. The largest absolute Gasteiger partial charge is 0.396 e. The molecule has 0 amide bonds. The second-order valence-electron chi connectivity index (χ2n) is 3.66. The molecule has 2 rings (SSSR count). The molecule has 0 unspecified atom stereocenters. The van der Waals surface area contributed by atoms with E-state index in [1.54, 1.807) is 18.5 Å². The molecule has 0 saturated carbocycles. The first kappa shape index (κ1) is 11.4. The van der Waals surface area contributed by atoms with Gasteiger partial charge in [-0.3, -0.25) is 4.98 Å². The lowest BCUT2D eigenvalue weighted by Crippen LogP contribution is -2.17. The number of hydrogen-bond donors (Lipinski definition) is 1. The fourth-order valence-electron chi connectivity index (χ4n) is 1.78. The number of aromatic nitrogens is 1. The van der Waals surface area contributed by atoms with Crippen LogP contribution in [0.3, 0.4) is 0 Å². The average Bonchev–Trinajstić information content (AvgIpc) is 2.33. The van der Waals surface area contributed by atoms with Crippen molar-refractivity contribution in [3.05, 3.63) is 48.5 Å². The van der Waals surface area contributed by atoms with Crippen molar-refractivity contribution < 1.29 is 4.39 Å². The zero-order valence-electron chi connectivity index (χ0n) is 9.60. The van der Waals surface area contributed by atoms with Crippen LogP contribution in [0.5, 0.6) is 0 Å². The van der Waals surface area contributed by atoms with Crippen LogP contribution in [0, 0.1) is 5.82 Å². The van der Waals surface area contributed by atoms with E-state index >= 15 is 0 Å². The summed E-state index contributed by atoms with van der Waals surface area (Å²) >= 11 is 0. The summed E-state index contributed by atoms with van der Waals surface area (Å²) in [6.07, 6.45) is 3.27. The second-order valence-corrected chi connectivity index (χ2v) is 3.66. The van der Waals surface area contributed by atoms with Crippen LogP contribution in [-0.2, 0) is 0 Å². The molecule has 17 heavy (non-hydrogen) atoms. The van der Waals surface area contributed by atoms with Gasteiger partial charge in [0, 0.05) is 18.4 Å².